The van der Waals surface area contributed by atoms with Crippen molar-refractivity contribution < 1.29 is 18.4 Å². The van der Waals surface area contributed by atoms with Crippen LogP contribution >= 0.6 is 15.9 Å². The highest BCUT2D eigenvalue weighted by Gasteiger charge is 2.17. The van der Waals surface area contributed by atoms with E-state index in [1.54, 1.807) is 29.1 Å². The summed E-state index contributed by atoms with van der Waals surface area (Å²) < 4.78 is 20.3. The molecule has 2 aromatic heterocycles. The molecule has 28 heavy (non-hydrogen) atoms. The summed E-state index contributed by atoms with van der Waals surface area (Å²) in [4.78, 5) is 24.1. The maximum Gasteiger partial charge on any atom is 0.287 e. The second-order valence-electron chi connectivity index (χ2n) is 6.15. The minimum Gasteiger partial charge on any atom is -0.444 e. The number of hydrogen-bond acceptors (Lipinski definition) is 4. The molecule has 2 amide bonds. The van der Waals surface area contributed by atoms with Crippen LogP contribution in [0.4, 0.5) is 4.39 Å². The van der Waals surface area contributed by atoms with Crippen molar-refractivity contribution in [2.24, 2.45) is 0 Å². The van der Waals surface area contributed by atoms with Gasteiger partial charge in [0.05, 0.1) is 24.5 Å². The van der Waals surface area contributed by atoms with Gasteiger partial charge in [0.2, 0.25) is 5.91 Å². The van der Waals surface area contributed by atoms with E-state index in [1.165, 1.54) is 18.2 Å². The number of benzene rings is 1. The topological polar surface area (TPSA) is 89.2 Å². The van der Waals surface area contributed by atoms with Crippen LogP contribution in [0.1, 0.15) is 34.8 Å². The molecular weight excluding hydrogens is 431 g/mol. The predicted octanol–water partition coefficient (Wildman–Crippen LogP) is 3.28. The Bertz CT molecular complexity index is 997. The first-order valence-corrected chi connectivity index (χ1v) is 9.28. The average Bonchev–Trinajstić information content (AvgIpc) is 3.26. The number of aromatic nitrogens is 2. The van der Waals surface area contributed by atoms with E-state index in [2.05, 4.69) is 31.7 Å². The lowest BCUT2D eigenvalue weighted by molar-refractivity contribution is -0.120. The maximum absolute atomic E-state index is 13.1. The van der Waals surface area contributed by atoms with Crippen molar-refractivity contribution in [1.82, 2.24) is 20.4 Å². The first kappa shape index (κ1) is 19.8. The summed E-state index contributed by atoms with van der Waals surface area (Å²) in [6, 6.07) is 8.77. The fraction of sp³-hybridized carbons (Fsp3) is 0.211. The molecule has 3 rings (SSSR count). The van der Waals surface area contributed by atoms with E-state index in [0.717, 1.165) is 16.9 Å². The lowest BCUT2D eigenvalue weighted by Crippen LogP contribution is -2.38. The van der Waals surface area contributed by atoms with Gasteiger partial charge in [0, 0.05) is 11.3 Å². The Balaban J connectivity index is 1.60. The molecule has 0 bridgehead atoms. The summed E-state index contributed by atoms with van der Waals surface area (Å²) in [5, 5.41) is 9.63. The van der Waals surface area contributed by atoms with E-state index < -0.39 is 5.91 Å². The standard InChI is InChI=1S/C19H18BrFN4O3/c1-11(24-18(26)10-22-19(27)16-7-8-17(20)28-16)15-9-23-25(12(15)2)14-5-3-13(21)4-6-14/h3-9,11H,10H2,1-2H3,(H,22,27)(H,24,26). The molecule has 0 spiro atoms. The molecule has 2 heterocycles. The Morgan fingerprint density at radius 3 is 2.61 bits per heavy atom. The molecule has 0 aliphatic rings. The van der Waals surface area contributed by atoms with Gasteiger partial charge in [-0.3, -0.25) is 9.59 Å². The summed E-state index contributed by atoms with van der Waals surface area (Å²) in [5.41, 5.74) is 2.36. The summed E-state index contributed by atoms with van der Waals surface area (Å²) >= 11 is 3.12. The smallest absolute Gasteiger partial charge is 0.287 e. The summed E-state index contributed by atoms with van der Waals surface area (Å²) in [6.07, 6.45) is 1.66. The third kappa shape index (κ3) is 4.48. The minimum atomic E-state index is -0.478. The second-order valence-corrected chi connectivity index (χ2v) is 6.93. The molecule has 0 saturated carbocycles. The Morgan fingerprint density at radius 1 is 1.25 bits per heavy atom. The van der Waals surface area contributed by atoms with E-state index in [4.69, 9.17) is 4.42 Å². The van der Waals surface area contributed by atoms with Crippen LogP contribution in [0.2, 0.25) is 0 Å². The van der Waals surface area contributed by atoms with Crippen LogP contribution < -0.4 is 10.6 Å². The zero-order valence-electron chi connectivity index (χ0n) is 15.2. The number of furan rings is 1. The number of halogens is 2. The second kappa shape index (κ2) is 8.39. The molecule has 1 aromatic carbocycles. The Labute approximate surface area is 169 Å². The van der Waals surface area contributed by atoms with Crippen LogP contribution in [0.3, 0.4) is 0 Å². The third-order valence-corrected chi connectivity index (χ3v) is 4.60. The molecule has 1 atom stereocenters. The first-order chi connectivity index (χ1) is 13.3. The van der Waals surface area contributed by atoms with Crippen LogP contribution in [0.25, 0.3) is 5.69 Å². The maximum atomic E-state index is 13.1. The molecule has 0 fully saturated rings. The quantitative estimate of drug-likeness (QED) is 0.605. The molecule has 2 N–H and O–H groups in total. The molecular formula is C19H18BrFN4O3. The SMILES string of the molecule is Cc1c(C(C)NC(=O)CNC(=O)c2ccc(Br)o2)cnn1-c1ccc(F)cc1. The number of amides is 2. The van der Waals surface area contributed by atoms with Crippen molar-refractivity contribution in [1.29, 1.82) is 0 Å². The Morgan fingerprint density at radius 2 is 1.96 bits per heavy atom. The van der Waals surface area contributed by atoms with Gasteiger partial charge in [-0.1, -0.05) is 0 Å². The molecule has 9 heteroatoms. The predicted molar refractivity (Wildman–Crippen MR) is 104 cm³/mol. The molecule has 0 aliphatic carbocycles. The lowest BCUT2D eigenvalue weighted by Gasteiger charge is -2.14. The highest BCUT2D eigenvalue weighted by molar-refractivity contribution is 9.10. The van der Waals surface area contributed by atoms with Gasteiger partial charge in [-0.15, -0.1) is 0 Å². The Kier molecular flexibility index (Phi) is 5.93. The largest absolute Gasteiger partial charge is 0.444 e. The molecule has 146 valence electrons. The van der Waals surface area contributed by atoms with E-state index in [-0.39, 0.29) is 30.1 Å². The van der Waals surface area contributed by atoms with Gasteiger partial charge in [0.15, 0.2) is 10.4 Å². The molecule has 7 nitrogen and oxygen atoms in total. The van der Waals surface area contributed by atoms with Crippen molar-refractivity contribution in [2.45, 2.75) is 19.9 Å². The molecule has 3 aromatic rings. The molecule has 0 radical (unpaired) electrons. The molecule has 0 aliphatic heterocycles. The number of carbonyl (C=O) groups excluding carboxylic acids is 2. The lowest BCUT2D eigenvalue weighted by atomic mass is 10.1. The number of rotatable bonds is 6. The van der Waals surface area contributed by atoms with Crippen LogP contribution in [-0.4, -0.2) is 28.1 Å². The van der Waals surface area contributed by atoms with Crippen LogP contribution in [-0.2, 0) is 4.79 Å². The fourth-order valence-corrected chi connectivity index (χ4v) is 3.05. The van der Waals surface area contributed by atoms with Gasteiger partial charge < -0.3 is 15.1 Å². The van der Waals surface area contributed by atoms with E-state index in [1.807, 2.05) is 13.8 Å². The van der Waals surface area contributed by atoms with Crippen LogP contribution in [0.5, 0.6) is 0 Å². The van der Waals surface area contributed by atoms with Gasteiger partial charge in [-0.2, -0.15) is 5.10 Å². The first-order valence-electron chi connectivity index (χ1n) is 8.48. The van der Waals surface area contributed by atoms with Gasteiger partial charge in [-0.05, 0) is 66.2 Å². The average molecular weight is 449 g/mol. The van der Waals surface area contributed by atoms with Crippen LogP contribution in [0, 0.1) is 12.7 Å². The van der Waals surface area contributed by atoms with Gasteiger partial charge >= 0.3 is 0 Å². The van der Waals surface area contributed by atoms with Crippen molar-refractivity contribution >= 4 is 27.7 Å². The molecule has 0 saturated heterocycles. The highest BCUT2D eigenvalue weighted by Crippen LogP contribution is 2.20. The van der Waals surface area contributed by atoms with Gasteiger partial charge in [0.1, 0.15) is 5.82 Å². The number of nitrogens with one attached hydrogen (secondary N) is 2. The van der Waals surface area contributed by atoms with Crippen molar-refractivity contribution in [3.05, 3.63) is 70.1 Å². The summed E-state index contributed by atoms with van der Waals surface area (Å²) in [6.45, 7) is 3.50. The van der Waals surface area contributed by atoms with Gasteiger partial charge in [0.25, 0.3) is 5.91 Å². The Hall–Kier alpha value is -2.94. The van der Waals surface area contributed by atoms with E-state index in [0.29, 0.717) is 4.67 Å². The normalized spacial score (nSPS) is 11.9. The van der Waals surface area contributed by atoms with Crippen molar-refractivity contribution in [2.75, 3.05) is 6.54 Å². The summed E-state index contributed by atoms with van der Waals surface area (Å²) in [5.74, 6) is -1.03. The van der Waals surface area contributed by atoms with Crippen molar-refractivity contribution in [3.63, 3.8) is 0 Å². The molecule has 1 unspecified atom stereocenters. The number of hydrogen-bond donors (Lipinski definition) is 2. The zero-order chi connectivity index (χ0) is 20.3. The third-order valence-electron chi connectivity index (χ3n) is 4.17. The summed E-state index contributed by atoms with van der Waals surface area (Å²) in [7, 11) is 0. The number of carbonyl (C=O) groups is 2. The monoisotopic (exact) mass is 448 g/mol. The van der Waals surface area contributed by atoms with Gasteiger partial charge in [-0.25, -0.2) is 9.07 Å². The fourth-order valence-electron chi connectivity index (χ4n) is 2.74. The highest BCUT2D eigenvalue weighted by atomic mass is 79.9. The van der Waals surface area contributed by atoms with E-state index in [9.17, 15) is 14.0 Å². The minimum absolute atomic E-state index is 0.115. The zero-order valence-corrected chi connectivity index (χ0v) is 16.8. The van der Waals surface area contributed by atoms with Crippen molar-refractivity contribution in [3.8, 4) is 5.69 Å². The van der Waals surface area contributed by atoms with E-state index >= 15 is 0 Å². The number of nitrogens with zero attached hydrogens (tertiary/aromatic N) is 2. The van der Waals surface area contributed by atoms with Crippen LogP contribution in [0.15, 0.2) is 51.7 Å².